The Hall–Kier alpha value is -1.60. The lowest BCUT2D eigenvalue weighted by Gasteiger charge is -2.42. The Kier molecular flexibility index (Phi) is 6.13. The zero-order chi connectivity index (χ0) is 21.4. The summed E-state index contributed by atoms with van der Waals surface area (Å²) in [6.07, 6.45) is 5.02. The number of para-hydroxylation sites is 1. The molecule has 1 spiro atoms. The second-order valence-corrected chi connectivity index (χ2v) is 12.1. The Balaban J connectivity index is 1.51. The van der Waals surface area contributed by atoms with Crippen LogP contribution in [0.4, 0.5) is 0 Å². The molecule has 1 atom stereocenters. The Morgan fingerprint density at radius 1 is 1.17 bits per heavy atom. The maximum atomic E-state index is 13.2. The molecule has 1 saturated heterocycles. The van der Waals surface area contributed by atoms with E-state index in [2.05, 4.69) is 19.0 Å². The van der Waals surface area contributed by atoms with Crippen LogP contribution in [-0.2, 0) is 21.2 Å². The number of carbonyl (C=O) groups is 1. The molecular formula is C23H34N2O4S. The number of amides is 1. The number of hydrogen-bond acceptors (Lipinski definition) is 5. The molecule has 1 aromatic rings. The van der Waals surface area contributed by atoms with Crippen LogP contribution >= 0.6 is 0 Å². The first kappa shape index (κ1) is 21.6. The van der Waals surface area contributed by atoms with Gasteiger partial charge >= 0.3 is 0 Å². The van der Waals surface area contributed by atoms with E-state index in [1.165, 1.54) is 0 Å². The summed E-state index contributed by atoms with van der Waals surface area (Å²) in [7, 11) is 1.26. The molecule has 0 unspecified atom stereocenters. The summed E-state index contributed by atoms with van der Waals surface area (Å²) in [4.78, 5) is 17.4. The Morgan fingerprint density at radius 2 is 1.90 bits per heavy atom. The summed E-state index contributed by atoms with van der Waals surface area (Å²) in [6.45, 7) is 2.22. The van der Waals surface area contributed by atoms with Gasteiger partial charge in [0.2, 0.25) is 5.91 Å². The summed E-state index contributed by atoms with van der Waals surface area (Å²) >= 11 is 0. The Labute approximate surface area is 180 Å². The van der Waals surface area contributed by atoms with Gasteiger partial charge in [0.1, 0.15) is 11.4 Å². The number of sulfone groups is 1. The molecule has 1 aromatic carbocycles. The van der Waals surface area contributed by atoms with Gasteiger partial charge in [-0.3, -0.25) is 4.79 Å². The van der Waals surface area contributed by atoms with Crippen molar-refractivity contribution in [3.63, 3.8) is 0 Å². The molecule has 166 valence electrons. The van der Waals surface area contributed by atoms with Gasteiger partial charge in [-0.15, -0.1) is 0 Å². The van der Waals surface area contributed by atoms with Gasteiger partial charge in [0, 0.05) is 25.1 Å². The van der Waals surface area contributed by atoms with E-state index in [4.69, 9.17) is 4.74 Å². The van der Waals surface area contributed by atoms with E-state index in [9.17, 15) is 13.2 Å². The molecule has 1 amide bonds. The van der Waals surface area contributed by atoms with Crippen molar-refractivity contribution in [3.8, 4) is 5.75 Å². The number of hydrogen-bond donors (Lipinski definition) is 0. The van der Waals surface area contributed by atoms with Crippen molar-refractivity contribution in [1.82, 2.24) is 9.80 Å². The largest absolute Gasteiger partial charge is 0.485 e. The predicted octanol–water partition coefficient (Wildman–Crippen LogP) is 2.72. The van der Waals surface area contributed by atoms with E-state index in [1.54, 1.807) is 0 Å². The number of ether oxygens (including phenoxy) is 1. The van der Waals surface area contributed by atoms with Gasteiger partial charge in [-0.05, 0) is 64.1 Å². The average Bonchev–Trinajstić information content (AvgIpc) is 2.93. The second kappa shape index (κ2) is 8.50. The van der Waals surface area contributed by atoms with Crippen LogP contribution in [0.2, 0.25) is 0 Å². The summed E-state index contributed by atoms with van der Waals surface area (Å²) in [5, 5.41) is 0. The van der Waals surface area contributed by atoms with E-state index >= 15 is 0 Å². The van der Waals surface area contributed by atoms with Crippen molar-refractivity contribution < 1.29 is 17.9 Å². The highest BCUT2D eigenvalue weighted by atomic mass is 32.2. The van der Waals surface area contributed by atoms with Crippen molar-refractivity contribution in [1.29, 1.82) is 0 Å². The molecular weight excluding hydrogens is 400 g/mol. The number of nitrogens with zero attached hydrogens (tertiary/aromatic N) is 2. The predicted molar refractivity (Wildman–Crippen MR) is 117 cm³/mol. The minimum absolute atomic E-state index is 0.0475. The van der Waals surface area contributed by atoms with E-state index in [0.29, 0.717) is 31.8 Å². The summed E-state index contributed by atoms with van der Waals surface area (Å²) in [6, 6.07) is 8.03. The van der Waals surface area contributed by atoms with Crippen molar-refractivity contribution in [2.24, 2.45) is 11.8 Å². The molecule has 0 radical (unpaired) electrons. The van der Waals surface area contributed by atoms with Gasteiger partial charge in [0.15, 0.2) is 9.84 Å². The number of rotatable bonds is 4. The lowest BCUT2D eigenvalue weighted by atomic mass is 9.78. The van der Waals surface area contributed by atoms with Gasteiger partial charge in [-0.2, -0.15) is 0 Å². The van der Waals surface area contributed by atoms with Crippen molar-refractivity contribution in [2.45, 2.75) is 50.7 Å². The van der Waals surface area contributed by atoms with Crippen molar-refractivity contribution in [3.05, 3.63) is 29.8 Å². The monoisotopic (exact) mass is 434 g/mol. The first-order chi connectivity index (χ1) is 14.2. The highest BCUT2D eigenvalue weighted by Crippen LogP contribution is 2.40. The van der Waals surface area contributed by atoms with Crippen LogP contribution in [0.25, 0.3) is 0 Å². The number of fused-ring (bicyclic) bond motifs is 1. The van der Waals surface area contributed by atoms with Gasteiger partial charge < -0.3 is 14.5 Å². The Morgan fingerprint density at radius 3 is 2.57 bits per heavy atom. The van der Waals surface area contributed by atoms with Gasteiger partial charge in [0.25, 0.3) is 0 Å². The maximum Gasteiger partial charge on any atom is 0.223 e. The SMILES string of the molecule is CN(C)CC1CCC2(CC1)CN(C(=O)C[C@H]1CCS(=O)(=O)C1)Cc1ccccc1O2. The number of carbonyl (C=O) groups excluding carboxylic acids is 1. The van der Waals surface area contributed by atoms with Crippen LogP contribution < -0.4 is 4.74 Å². The number of benzene rings is 1. The van der Waals surface area contributed by atoms with Crippen LogP contribution in [0.5, 0.6) is 5.75 Å². The fourth-order valence-corrected chi connectivity index (χ4v) is 7.22. The van der Waals surface area contributed by atoms with E-state index in [-0.39, 0.29) is 28.9 Å². The summed E-state index contributed by atoms with van der Waals surface area (Å²) < 4.78 is 30.3. The fourth-order valence-electron chi connectivity index (χ4n) is 5.36. The molecule has 1 saturated carbocycles. The smallest absolute Gasteiger partial charge is 0.223 e. The third-order valence-electron chi connectivity index (χ3n) is 6.92. The van der Waals surface area contributed by atoms with Crippen LogP contribution in [0.15, 0.2) is 24.3 Å². The van der Waals surface area contributed by atoms with Gasteiger partial charge in [-0.1, -0.05) is 18.2 Å². The molecule has 2 aliphatic heterocycles. The highest BCUT2D eigenvalue weighted by Gasteiger charge is 2.42. The van der Waals surface area contributed by atoms with Gasteiger partial charge in [-0.25, -0.2) is 8.42 Å². The summed E-state index contributed by atoms with van der Waals surface area (Å²) in [5.41, 5.74) is 0.699. The lowest BCUT2D eigenvalue weighted by molar-refractivity contribution is -0.136. The average molecular weight is 435 g/mol. The molecule has 2 heterocycles. The lowest BCUT2D eigenvalue weighted by Crippen LogP contribution is -2.50. The summed E-state index contributed by atoms with van der Waals surface area (Å²) in [5.74, 6) is 1.94. The molecule has 4 rings (SSSR count). The third kappa shape index (κ3) is 4.99. The molecule has 0 aromatic heterocycles. The van der Waals surface area contributed by atoms with Crippen molar-refractivity contribution in [2.75, 3.05) is 38.7 Å². The first-order valence-electron chi connectivity index (χ1n) is 11.1. The molecule has 6 nitrogen and oxygen atoms in total. The topological polar surface area (TPSA) is 66.9 Å². The zero-order valence-corrected chi connectivity index (χ0v) is 19.0. The normalized spacial score (nSPS) is 30.7. The van der Waals surface area contributed by atoms with Crippen LogP contribution in [0.1, 0.15) is 44.1 Å². The second-order valence-electron chi connectivity index (χ2n) is 9.82. The van der Waals surface area contributed by atoms with Gasteiger partial charge in [0.05, 0.1) is 18.1 Å². The quantitative estimate of drug-likeness (QED) is 0.729. The van der Waals surface area contributed by atoms with Crippen LogP contribution in [0.3, 0.4) is 0 Å². The zero-order valence-electron chi connectivity index (χ0n) is 18.2. The van der Waals surface area contributed by atoms with E-state index in [0.717, 1.165) is 43.5 Å². The molecule has 3 aliphatic rings. The Bertz CT molecular complexity index is 875. The first-order valence-corrected chi connectivity index (χ1v) is 13.0. The highest BCUT2D eigenvalue weighted by molar-refractivity contribution is 7.91. The standard InChI is InChI=1S/C23H34N2O4S/c1-24(2)14-18-7-10-23(11-8-18)17-25(15-20-5-3-4-6-21(20)29-23)22(26)13-19-9-12-30(27,28)16-19/h3-6,18-19H,7-17H2,1-2H3/t18?,19-,23?/m1/s1. The molecule has 2 fully saturated rings. The molecule has 30 heavy (non-hydrogen) atoms. The third-order valence-corrected chi connectivity index (χ3v) is 8.76. The van der Waals surface area contributed by atoms with Crippen LogP contribution in [0, 0.1) is 11.8 Å². The molecule has 7 heteroatoms. The molecule has 0 N–H and O–H groups in total. The fraction of sp³-hybridized carbons (Fsp3) is 0.696. The minimum atomic E-state index is -2.97. The minimum Gasteiger partial charge on any atom is -0.485 e. The van der Waals surface area contributed by atoms with E-state index < -0.39 is 9.84 Å². The maximum absolute atomic E-state index is 13.2. The van der Waals surface area contributed by atoms with Crippen LogP contribution in [-0.4, -0.2) is 68.4 Å². The molecule has 1 aliphatic carbocycles. The van der Waals surface area contributed by atoms with Crippen molar-refractivity contribution >= 4 is 15.7 Å². The molecule has 0 bridgehead atoms. The van der Waals surface area contributed by atoms with E-state index in [1.807, 2.05) is 29.2 Å².